The van der Waals surface area contributed by atoms with Gasteiger partial charge in [0.2, 0.25) is 0 Å². The molecule has 0 bridgehead atoms. The number of rotatable bonds is 7. The molecule has 0 saturated heterocycles. The van der Waals surface area contributed by atoms with E-state index in [0.29, 0.717) is 24.1 Å². The van der Waals surface area contributed by atoms with Crippen molar-refractivity contribution in [1.29, 1.82) is 0 Å². The number of benzene rings is 1. The van der Waals surface area contributed by atoms with Crippen LogP contribution in [-0.4, -0.2) is 35.7 Å². The van der Waals surface area contributed by atoms with Crippen LogP contribution in [0.3, 0.4) is 0 Å². The second-order valence-corrected chi connectivity index (χ2v) is 5.13. The van der Waals surface area contributed by atoms with Crippen LogP contribution in [0.15, 0.2) is 18.2 Å². The van der Waals surface area contributed by atoms with Crippen LogP contribution in [0.2, 0.25) is 0 Å². The first kappa shape index (κ1) is 17.0. The van der Waals surface area contributed by atoms with Crippen molar-refractivity contribution in [3.63, 3.8) is 0 Å². The molecule has 0 saturated carbocycles. The maximum absolute atomic E-state index is 12.2. The number of hydrogen-bond donors (Lipinski definition) is 2. The van der Waals surface area contributed by atoms with Gasteiger partial charge in [-0.1, -0.05) is 18.2 Å². The number of carbonyl (C=O) groups is 2. The molecule has 2 aromatic rings. The number of ether oxygens (including phenoxy) is 2. The summed E-state index contributed by atoms with van der Waals surface area (Å²) >= 11 is 0. The molecule has 1 aromatic heterocycles. The molecular weight excluding hydrogens is 298 g/mol. The SMILES string of the molecule is CCOC(=O)c1[nH]c2c(CO)cccc2c1CCCC(=O)OC. The van der Waals surface area contributed by atoms with E-state index in [1.165, 1.54) is 7.11 Å². The Morgan fingerprint density at radius 1 is 1.30 bits per heavy atom. The second kappa shape index (κ2) is 7.78. The second-order valence-electron chi connectivity index (χ2n) is 5.13. The Hall–Kier alpha value is -2.34. The number of hydrogen-bond acceptors (Lipinski definition) is 5. The standard InChI is InChI=1S/C17H21NO5/c1-3-23-17(21)16-13(8-5-9-14(20)22-2)12-7-4-6-11(10-19)15(12)18-16/h4,6-7,18-19H,3,5,8-10H2,1-2H3. The summed E-state index contributed by atoms with van der Waals surface area (Å²) in [6, 6.07) is 5.52. The Morgan fingerprint density at radius 3 is 2.74 bits per heavy atom. The van der Waals surface area contributed by atoms with E-state index in [2.05, 4.69) is 9.72 Å². The zero-order chi connectivity index (χ0) is 16.8. The summed E-state index contributed by atoms with van der Waals surface area (Å²) in [6.45, 7) is 1.90. The van der Waals surface area contributed by atoms with Crippen molar-refractivity contribution in [3.8, 4) is 0 Å². The van der Waals surface area contributed by atoms with Crippen LogP contribution in [0.25, 0.3) is 10.9 Å². The highest BCUT2D eigenvalue weighted by Crippen LogP contribution is 2.27. The van der Waals surface area contributed by atoms with Gasteiger partial charge in [-0.3, -0.25) is 4.79 Å². The van der Waals surface area contributed by atoms with Crippen molar-refractivity contribution >= 4 is 22.8 Å². The number of fused-ring (bicyclic) bond motifs is 1. The number of carbonyl (C=O) groups excluding carboxylic acids is 2. The smallest absolute Gasteiger partial charge is 0.355 e. The molecule has 0 aliphatic carbocycles. The molecule has 0 fully saturated rings. The van der Waals surface area contributed by atoms with Crippen LogP contribution in [0.4, 0.5) is 0 Å². The van der Waals surface area contributed by atoms with Crippen molar-refractivity contribution in [2.45, 2.75) is 32.8 Å². The maximum Gasteiger partial charge on any atom is 0.355 e. The Bertz CT molecular complexity index is 704. The first-order chi connectivity index (χ1) is 11.1. The molecule has 2 rings (SSSR count). The number of aromatic amines is 1. The monoisotopic (exact) mass is 319 g/mol. The summed E-state index contributed by atoms with van der Waals surface area (Å²) < 4.78 is 9.73. The predicted octanol–water partition coefficient (Wildman–Crippen LogP) is 2.33. The predicted molar refractivity (Wildman–Crippen MR) is 85.1 cm³/mol. The first-order valence-corrected chi connectivity index (χ1v) is 7.59. The molecule has 23 heavy (non-hydrogen) atoms. The lowest BCUT2D eigenvalue weighted by Crippen LogP contribution is -2.08. The van der Waals surface area contributed by atoms with Gasteiger partial charge in [-0.15, -0.1) is 0 Å². The van der Waals surface area contributed by atoms with Crippen molar-refractivity contribution in [3.05, 3.63) is 35.0 Å². The lowest BCUT2D eigenvalue weighted by molar-refractivity contribution is -0.140. The van der Waals surface area contributed by atoms with Gasteiger partial charge in [0.25, 0.3) is 0 Å². The number of H-pyrrole nitrogens is 1. The molecule has 6 heteroatoms. The van der Waals surface area contributed by atoms with Gasteiger partial charge in [0.15, 0.2) is 0 Å². The van der Waals surface area contributed by atoms with Gasteiger partial charge in [0.05, 0.1) is 25.8 Å². The zero-order valence-corrected chi connectivity index (χ0v) is 13.3. The largest absolute Gasteiger partial charge is 0.469 e. The fraction of sp³-hybridized carbons (Fsp3) is 0.412. The van der Waals surface area contributed by atoms with E-state index in [9.17, 15) is 14.7 Å². The molecular formula is C17H21NO5. The molecule has 0 amide bonds. The third-order valence-electron chi connectivity index (χ3n) is 3.71. The molecule has 0 spiro atoms. The lowest BCUT2D eigenvalue weighted by atomic mass is 10.0. The van der Waals surface area contributed by atoms with E-state index < -0.39 is 5.97 Å². The van der Waals surface area contributed by atoms with Crippen LogP contribution >= 0.6 is 0 Å². The minimum atomic E-state index is -0.430. The van der Waals surface area contributed by atoms with E-state index in [0.717, 1.165) is 16.5 Å². The Balaban J connectivity index is 2.39. The van der Waals surface area contributed by atoms with Crippen LogP contribution in [0, 0.1) is 0 Å². The quantitative estimate of drug-likeness (QED) is 0.765. The average Bonchev–Trinajstić information content (AvgIpc) is 2.93. The number of aromatic nitrogens is 1. The molecule has 0 aliphatic rings. The molecule has 0 unspecified atom stereocenters. The summed E-state index contributed by atoms with van der Waals surface area (Å²) in [5.74, 6) is -0.709. The number of aryl methyl sites for hydroxylation is 1. The van der Waals surface area contributed by atoms with Gasteiger partial charge in [-0.05, 0) is 25.3 Å². The highest BCUT2D eigenvalue weighted by molar-refractivity contribution is 5.99. The molecule has 2 N–H and O–H groups in total. The summed E-state index contributed by atoms with van der Waals surface area (Å²) in [7, 11) is 1.35. The fourth-order valence-electron chi connectivity index (χ4n) is 2.61. The van der Waals surface area contributed by atoms with Gasteiger partial charge in [-0.25, -0.2) is 4.79 Å². The third kappa shape index (κ3) is 3.71. The molecule has 0 atom stereocenters. The Morgan fingerprint density at radius 2 is 2.09 bits per heavy atom. The van der Waals surface area contributed by atoms with E-state index in [4.69, 9.17) is 4.74 Å². The number of aliphatic hydroxyl groups excluding tert-OH is 1. The van der Waals surface area contributed by atoms with Crippen LogP contribution in [-0.2, 0) is 27.3 Å². The van der Waals surface area contributed by atoms with E-state index >= 15 is 0 Å². The number of aliphatic hydroxyl groups is 1. The first-order valence-electron chi connectivity index (χ1n) is 7.59. The number of para-hydroxylation sites is 1. The molecule has 6 nitrogen and oxygen atoms in total. The van der Waals surface area contributed by atoms with E-state index in [-0.39, 0.29) is 25.6 Å². The average molecular weight is 319 g/mol. The Labute approximate surface area is 134 Å². The van der Waals surface area contributed by atoms with Crippen LogP contribution in [0.1, 0.15) is 41.4 Å². The minimum absolute atomic E-state index is 0.123. The van der Waals surface area contributed by atoms with Crippen LogP contribution in [0.5, 0.6) is 0 Å². The highest BCUT2D eigenvalue weighted by Gasteiger charge is 2.20. The normalized spacial score (nSPS) is 10.7. The summed E-state index contributed by atoms with van der Waals surface area (Å²) in [4.78, 5) is 26.5. The van der Waals surface area contributed by atoms with Crippen molar-refractivity contribution in [2.24, 2.45) is 0 Å². The van der Waals surface area contributed by atoms with Gasteiger partial charge < -0.3 is 19.6 Å². The van der Waals surface area contributed by atoms with E-state index in [1.807, 2.05) is 12.1 Å². The topological polar surface area (TPSA) is 88.6 Å². The summed E-state index contributed by atoms with van der Waals surface area (Å²) in [6.07, 6.45) is 1.39. The zero-order valence-electron chi connectivity index (χ0n) is 13.3. The molecule has 0 aliphatic heterocycles. The van der Waals surface area contributed by atoms with Gasteiger partial charge >= 0.3 is 11.9 Å². The molecule has 1 heterocycles. The molecule has 0 radical (unpaired) electrons. The minimum Gasteiger partial charge on any atom is -0.469 e. The molecule has 124 valence electrons. The van der Waals surface area contributed by atoms with Crippen molar-refractivity contribution in [1.82, 2.24) is 4.98 Å². The molecule has 1 aromatic carbocycles. The van der Waals surface area contributed by atoms with Gasteiger partial charge in [0.1, 0.15) is 5.69 Å². The number of esters is 2. The summed E-state index contributed by atoms with van der Waals surface area (Å²) in [5.41, 5.74) is 2.63. The van der Waals surface area contributed by atoms with Gasteiger partial charge in [0, 0.05) is 17.4 Å². The third-order valence-corrected chi connectivity index (χ3v) is 3.71. The Kier molecular flexibility index (Phi) is 5.76. The van der Waals surface area contributed by atoms with Crippen molar-refractivity contribution in [2.75, 3.05) is 13.7 Å². The van der Waals surface area contributed by atoms with Crippen LogP contribution < -0.4 is 0 Å². The highest BCUT2D eigenvalue weighted by atomic mass is 16.5. The lowest BCUT2D eigenvalue weighted by Gasteiger charge is -2.04. The summed E-state index contributed by atoms with van der Waals surface area (Å²) in [5, 5.41) is 10.3. The van der Waals surface area contributed by atoms with Crippen molar-refractivity contribution < 1.29 is 24.2 Å². The number of nitrogens with one attached hydrogen (secondary N) is 1. The van der Waals surface area contributed by atoms with E-state index in [1.54, 1.807) is 13.0 Å². The van der Waals surface area contributed by atoms with Gasteiger partial charge in [-0.2, -0.15) is 0 Å². The maximum atomic E-state index is 12.2. The fourth-order valence-corrected chi connectivity index (χ4v) is 2.61. The number of methoxy groups -OCH3 is 1.